The van der Waals surface area contributed by atoms with Gasteiger partial charge in [0.1, 0.15) is 5.65 Å². The van der Waals surface area contributed by atoms with Gasteiger partial charge in [0.2, 0.25) is 5.95 Å². The number of pyridine rings is 1. The first-order valence-corrected chi connectivity index (χ1v) is 7.36. The highest BCUT2D eigenvalue weighted by Crippen LogP contribution is 2.20. The highest BCUT2D eigenvalue weighted by molar-refractivity contribution is 5.62. The maximum absolute atomic E-state index is 8.84. The van der Waals surface area contributed by atoms with Gasteiger partial charge in [-0.25, -0.2) is 15.0 Å². The Kier molecular flexibility index (Phi) is 3.37. The van der Waals surface area contributed by atoms with Gasteiger partial charge in [-0.15, -0.1) is 0 Å². The third-order valence-corrected chi connectivity index (χ3v) is 3.61. The Labute approximate surface area is 138 Å². The van der Waals surface area contributed by atoms with Crippen molar-refractivity contribution in [3.63, 3.8) is 0 Å². The molecule has 0 atom stereocenters. The van der Waals surface area contributed by atoms with E-state index in [1.54, 1.807) is 24.5 Å². The van der Waals surface area contributed by atoms with Crippen LogP contribution in [0.1, 0.15) is 5.56 Å². The molecular weight excluding hydrogens is 300 g/mol. The van der Waals surface area contributed by atoms with E-state index in [1.165, 1.54) is 0 Å². The smallest absolute Gasteiger partial charge is 0.227 e. The van der Waals surface area contributed by atoms with E-state index in [0.29, 0.717) is 11.5 Å². The molecule has 0 aliphatic heterocycles. The van der Waals surface area contributed by atoms with E-state index in [4.69, 9.17) is 5.26 Å². The Morgan fingerprint density at radius 2 is 1.88 bits per heavy atom. The number of imidazole rings is 1. The summed E-state index contributed by atoms with van der Waals surface area (Å²) in [6, 6.07) is 16.9. The van der Waals surface area contributed by atoms with Crippen molar-refractivity contribution < 1.29 is 0 Å². The molecule has 0 fully saturated rings. The summed E-state index contributed by atoms with van der Waals surface area (Å²) in [6.07, 6.45) is 5.45. The summed E-state index contributed by atoms with van der Waals surface area (Å²) >= 11 is 0. The summed E-state index contributed by atoms with van der Waals surface area (Å²) in [5.74, 6) is 0.489. The minimum Gasteiger partial charge on any atom is -0.324 e. The fourth-order valence-corrected chi connectivity index (χ4v) is 2.44. The summed E-state index contributed by atoms with van der Waals surface area (Å²) in [6.45, 7) is 0. The number of anilines is 2. The largest absolute Gasteiger partial charge is 0.324 e. The molecule has 0 amide bonds. The molecule has 0 unspecified atom stereocenters. The zero-order chi connectivity index (χ0) is 16.4. The summed E-state index contributed by atoms with van der Waals surface area (Å²) < 4.78 is 1.98. The van der Waals surface area contributed by atoms with Crippen LogP contribution < -0.4 is 5.32 Å². The van der Waals surface area contributed by atoms with Crippen molar-refractivity contribution in [1.82, 2.24) is 19.4 Å². The minimum atomic E-state index is 0.489. The van der Waals surface area contributed by atoms with E-state index in [-0.39, 0.29) is 0 Å². The molecule has 114 valence electrons. The first-order valence-electron chi connectivity index (χ1n) is 7.36. The Balaban J connectivity index is 1.67. The van der Waals surface area contributed by atoms with Gasteiger partial charge in [-0.05, 0) is 42.5 Å². The lowest BCUT2D eigenvalue weighted by molar-refractivity contribution is 1.13. The van der Waals surface area contributed by atoms with Gasteiger partial charge in [-0.1, -0.05) is 6.07 Å². The molecule has 0 spiro atoms. The van der Waals surface area contributed by atoms with Gasteiger partial charge >= 0.3 is 0 Å². The van der Waals surface area contributed by atoms with E-state index in [9.17, 15) is 0 Å². The van der Waals surface area contributed by atoms with Gasteiger partial charge in [0.25, 0.3) is 0 Å². The fraction of sp³-hybridized carbons (Fsp3) is 0. The standard InChI is InChI=1S/C18H12N6/c19-11-13-4-6-14(7-5-13)22-18-20-9-8-15(23-18)16-12-21-17-3-1-2-10-24(16)17/h1-10,12H,(H,20,22,23). The first-order chi connectivity index (χ1) is 11.8. The molecule has 0 aliphatic rings. The minimum absolute atomic E-state index is 0.489. The van der Waals surface area contributed by atoms with Crippen LogP contribution in [-0.4, -0.2) is 19.4 Å². The number of hydrogen-bond donors (Lipinski definition) is 1. The van der Waals surface area contributed by atoms with E-state index in [2.05, 4.69) is 26.3 Å². The molecule has 0 saturated heterocycles. The number of fused-ring (bicyclic) bond motifs is 1. The Morgan fingerprint density at radius 1 is 1.00 bits per heavy atom. The number of nitrogens with one attached hydrogen (secondary N) is 1. The van der Waals surface area contributed by atoms with Gasteiger partial charge in [0.15, 0.2) is 0 Å². The monoisotopic (exact) mass is 312 g/mol. The Bertz CT molecular complexity index is 1040. The van der Waals surface area contributed by atoms with Crippen molar-refractivity contribution in [2.24, 2.45) is 0 Å². The van der Waals surface area contributed by atoms with Crippen LogP contribution in [0.3, 0.4) is 0 Å². The third kappa shape index (κ3) is 2.55. The van der Waals surface area contributed by atoms with Crippen LogP contribution in [-0.2, 0) is 0 Å². The molecule has 0 radical (unpaired) electrons. The van der Waals surface area contributed by atoms with Crippen molar-refractivity contribution >= 4 is 17.3 Å². The number of benzene rings is 1. The molecule has 3 heterocycles. The first kappa shape index (κ1) is 13.9. The van der Waals surface area contributed by atoms with Gasteiger partial charge in [0.05, 0.1) is 29.2 Å². The molecule has 3 aromatic heterocycles. The molecule has 6 nitrogen and oxygen atoms in total. The Morgan fingerprint density at radius 3 is 2.71 bits per heavy atom. The predicted octanol–water partition coefficient (Wildman–Crippen LogP) is 3.41. The van der Waals surface area contributed by atoms with E-state index < -0.39 is 0 Å². The quantitative estimate of drug-likeness (QED) is 0.627. The highest BCUT2D eigenvalue weighted by atomic mass is 15.1. The number of nitriles is 1. The second kappa shape index (κ2) is 5.82. The van der Waals surface area contributed by atoms with Gasteiger partial charge in [0, 0.05) is 18.1 Å². The maximum atomic E-state index is 8.84. The molecule has 4 aromatic rings. The summed E-state index contributed by atoms with van der Waals surface area (Å²) in [4.78, 5) is 13.2. The molecule has 6 heteroatoms. The fourth-order valence-electron chi connectivity index (χ4n) is 2.44. The second-order valence-electron chi connectivity index (χ2n) is 5.15. The molecule has 1 N–H and O–H groups in total. The lowest BCUT2D eigenvalue weighted by atomic mass is 10.2. The molecule has 0 aliphatic carbocycles. The Hall–Kier alpha value is -3.72. The number of hydrogen-bond acceptors (Lipinski definition) is 5. The zero-order valence-corrected chi connectivity index (χ0v) is 12.6. The van der Waals surface area contributed by atoms with E-state index >= 15 is 0 Å². The van der Waals surface area contributed by atoms with Crippen LogP contribution >= 0.6 is 0 Å². The molecular formula is C18H12N6. The van der Waals surface area contributed by atoms with Gasteiger partial charge in [-0.3, -0.25) is 4.40 Å². The van der Waals surface area contributed by atoms with Gasteiger partial charge in [-0.2, -0.15) is 5.26 Å². The molecule has 0 saturated carbocycles. The molecule has 0 bridgehead atoms. The van der Waals surface area contributed by atoms with E-state index in [1.807, 2.05) is 47.0 Å². The van der Waals surface area contributed by atoms with Crippen LogP contribution in [0.15, 0.2) is 67.1 Å². The van der Waals surface area contributed by atoms with Crippen molar-refractivity contribution in [1.29, 1.82) is 5.26 Å². The molecule has 24 heavy (non-hydrogen) atoms. The van der Waals surface area contributed by atoms with Crippen molar-refractivity contribution in [3.8, 4) is 17.5 Å². The van der Waals surface area contributed by atoms with E-state index in [0.717, 1.165) is 22.7 Å². The number of aromatic nitrogens is 4. The number of nitrogens with zero attached hydrogens (tertiary/aromatic N) is 5. The normalized spacial score (nSPS) is 10.5. The van der Waals surface area contributed by atoms with Crippen molar-refractivity contribution in [2.45, 2.75) is 0 Å². The number of rotatable bonds is 3. The van der Waals surface area contributed by atoms with Crippen LogP contribution in [0.4, 0.5) is 11.6 Å². The van der Waals surface area contributed by atoms with Crippen LogP contribution in [0.2, 0.25) is 0 Å². The molecule has 4 rings (SSSR count). The maximum Gasteiger partial charge on any atom is 0.227 e. The lowest BCUT2D eigenvalue weighted by Crippen LogP contribution is -1.99. The summed E-state index contributed by atoms with van der Waals surface area (Å²) in [7, 11) is 0. The predicted molar refractivity (Wildman–Crippen MR) is 90.7 cm³/mol. The SMILES string of the molecule is N#Cc1ccc(Nc2nccc(-c3cnc4ccccn34)n2)cc1. The van der Waals surface area contributed by atoms with Crippen LogP contribution in [0.25, 0.3) is 17.0 Å². The van der Waals surface area contributed by atoms with Crippen molar-refractivity contribution in [2.75, 3.05) is 5.32 Å². The summed E-state index contributed by atoms with van der Waals surface area (Å²) in [5.41, 5.74) is 3.98. The topological polar surface area (TPSA) is 78.9 Å². The van der Waals surface area contributed by atoms with Crippen LogP contribution in [0.5, 0.6) is 0 Å². The average molecular weight is 312 g/mol. The average Bonchev–Trinajstić information content (AvgIpc) is 3.07. The third-order valence-electron chi connectivity index (χ3n) is 3.61. The molecule has 1 aromatic carbocycles. The zero-order valence-electron chi connectivity index (χ0n) is 12.6. The highest BCUT2D eigenvalue weighted by Gasteiger charge is 2.08. The lowest BCUT2D eigenvalue weighted by Gasteiger charge is -2.06. The summed E-state index contributed by atoms with van der Waals surface area (Å²) in [5, 5.41) is 12.0. The van der Waals surface area contributed by atoms with Crippen LogP contribution in [0, 0.1) is 11.3 Å². The van der Waals surface area contributed by atoms with Crippen molar-refractivity contribution in [3.05, 3.63) is 72.7 Å². The second-order valence-corrected chi connectivity index (χ2v) is 5.15. The van der Waals surface area contributed by atoms with Gasteiger partial charge < -0.3 is 5.32 Å².